The molecule has 0 aliphatic carbocycles. The second kappa shape index (κ2) is 3.09. The van der Waals surface area contributed by atoms with E-state index in [4.69, 9.17) is 5.84 Å². The third-order valence-corrected chi connectivity index (χ3v) is 0.641. The van der Waals surface area contributed by atoms with Gasteiger partial charge in [-0.2, -0.15) is 0 Å². The third-order valence-electron chi connectivity index (χ3n) is 0.641. The van der Waals surface area contributed by atoms with Gasteiger partial charge in [-0.05, 0) is 6.92 Å². The van der Waals surface area contributed by atoms with E-state index in [1.165, 1.54) is 7.05 Å². The summed E-state index contributed by atoms with van der Waals surface area (Å²) in [5.74, 6) is 5.06. The molecule has 0 radical (unpaired) electrons. The highest BCUT2D eigenvalue weighted by atomic mass is 16.2. The minimum Gasteiger partial charge on any atom is -0.311 e. The summed E-state index contributed by atoms with van der Waals surface area (Å²) in [6, 6.07) is -0.359. The lowest BCUT2D eigenvalue weighted by atomic mass is 10.6. The van der Waals surface area contributed by atoms with E-state index < -0.39 is 0 Å². The maximum absolute atomic E-state index is 10.6. The number of hydrogen-bond acceptors (Lipinski definition) is 2. The van der Waals surface area contributed by atoms with Gasteiger partial charge in [0.1, 0.15) is 0 Å². The van der Waals surface area contributed by atoms with Crippen molar-refractivity contribution in [3.05, 3.63) is 12.3 Å². The summed E-state index contributed by atoms with van der Waals surface area (Å²) in [7, 11) is 1.46. The summed E-state index contributed by atoms with van der Waals surface area (Å²) in [4.78, 5) is 10.6. The van der Waals surface area contributed by atoms with Gasteiger partial charge in [0, 0.05) is 12.7 Å². The van der Waals surface area contributed by atoms with Crippen LogP contribution in [0, 0.1) is 0 Å². The van der Waals surface area contributed by atoms with E-state index in [9.17, 15) is 4.79 Å². The Morgan fingerprint density at radius 3 is 2.33 bits per heavy atom. The van der Waals surface area contributed by atoms with Crippen molar-refractivity contribution in [2.75, 3.05) is 7.05 Å². The lowest BCUT2D eigenvalue weighted by Gasteiger charge is -2.10. The Kier molecular flexibility index (Phi) is 2.73. The maximum atomic E-state index is 10.6. The van der Waals surface area contributed by atoms with Crippen LogP contribution in [-0.4, -0.2) is 18.1 Å². The first kappa shape index (κ1) is 7.97. The standard InChI is InChI=1S/C5H11N3O/c1-4(2)7-5(9)8(3)6/h1,6H2,2-3H3,(H,7,9). The zero-order valence-electron chi connectivity index (χ0n) is 5.64. The van der Waals surface area contributed by atoms with Crippen molar-refractivity contribution >= 4 is 6.03 Å². The van der Waals surface area contributed by atoms with Crippen LogP contribution in [0.3, 0.4) is 0 Å². The van der Waals surface area contributed by atoms with Gasteiger partial charge in [-0.1, -0.05) is 6.58 Å². The Bertz CT molecular complexity index is 130. The number of nitrogens with one attached hydrogen (secondary N) is 1. The van der Waals surface area contributed by atoms with Crippen LogP contribution in [0.2, 0.25) is 0 Å². The van der Waals surface area contributed by atoms with Crippen molar-refractivity contribution in [1.29, 1.82) is 0 Å². The van der Waals surface area contributed by atoms with Crippen molar-refractivity contribution in [1.82, 2.24) is 10.3 Å². The van der Waals surface area contributed by atoms with Gasteiger partial charge in [-0.3, -0.25) is 5.01 Å². The molecule has 0 aromatic carbocycles. The molecule has 0 aromatic heterocycles. The first-order chi connectivity index (χ1) is 4.04. The Labute approximate surface area is 54.3 Å². The van der Waals surface area contributed by atoms with Gasteiger partial charge in [-0.25, -0.2) is 10.6 Å². The van der Waals surface area contributed by atoms with Crippen molar-refractivity contribution in [2.24, 2.45) is 5.84 Å². The molecule has 0 fully saturated rings. The molecule has 2 amide bonds. The molecule has 4 nitrogen and oxygen atoms in total. The van der Waals surface area contributed by atoms with E-state index in [0.29, 0.717) is 5.70 Å². The summed E-state index contributed by atoms with van der Waals surface area (Å²) in [5, 5.41) is 3.36. The fourth-order valence-electron chi connectivity index (χ4n) is 0.271. The molecule has 0 aliphatic rings. The normalized spacial score (nSPS) is 8.33. The van der Waals surface area contributed by atoms with Gasteiger partial charge in [0.05, 0.1) is 0 Å². The average Bonchev–Trinajstić information content (AvgIpc) is 1.63. The molecule has 0 bridgehead atoms. The SMILES string of the molecule is C=C(C)NC(=O)N(C)N. The number of hydrogen-bond donors (Lipinski definition) is 2. The van der Waals surface area contributed by atoms with Crippen LogP contribution in [0.5, 0.6) is 0 Å². The largest absolute Gasteiger partial charge is 0.335 e. The van der Waals surface area contributed by atoms with Crippen LogP contribution in [0.4, 0.5) is 4.79 Å². The highest BCUT2D eigenvalue weighted by molar-refractivity contribution is 5.74. The van der Waals surface area contributed by atoms with Crippen LogP contribution >= 0.6 is 0 Å². The van der Waals surface area contributed by atoms with Gasteiger partial charge in [0.15, 0.2) is 0 Å². The number of nitrogens with two attached hydrogens (primary N) is 1. The molecule has 0 saturated heterocycles. The summed E-state index contributed by atoms with van der Waals surface area (Å²) >= 11 is 0. The van der Waals surface area contributed by atoms with Gasteiger partial charge < -0.3 is 5.32 Å². The predicted octanol–water partition coefficient (Wildman–Crippen LogP) is 0.0351. The number of amides is 2. The van der Waals surface area contributed by atoms with Crippen molar-refractivity contribution < 1.29 is 4.79 Å². The molecular weight excluding hydrogens is 118 g/mol. The van der Waals surface area contributed by atoms with Crippen LogP contribution in [-0.2, 0) is 0 Å². The molecule has 0 aliphatic heterocycles. The highest BCUT2D eigenvalue weighted by Crippen LogP contribution is 1.80. The topological polar surface area (TPSA) is 58.4 Å². The molecule has 0 unspecified atom stereocenters. The average molecular weight is 129 g/mol. The monoisotopic (exact) mass is 129 g/mol. The molecule has 0 heterocycles. The molecule has 0 atom stereocenters. The number of rotatable bonds is 1. The Balaban J connectivity index is 3.64. The van der Waals surface area contributed by atoms with Gasteiger partial charge in [0.25, 0.3) is 0 Å². The van der Waals surface area contributed by atoms with Gasteiger partial charge >= 0.3 is 6.03 Å². The van der Waals surface area contributed by atoms with Crippen LogP contribution in [0.1, 0.15) is 6.92 Å². The zero-order valence-corrected chi connectivity index (χ0v) is 5.64. The van der Waals surface area contributed by atoms with E-state index in [0.717, 1.165) is 5.01 Å². The van der Waals surface area contributed by atoms with E-state index >= 15 is 0 Å². The minimum atomic E-state index is -0.359. The lowest BCUT2D eigenvalue weighted by molar-refractivity contribution is 0.213. The number of urea groups is 1. The maximum Gasteiger partial charge on any atom is 0.335 e. The summed E-state index contributed by atoms with van der Waals surface area (Å²) in [5.41, 5.74) is 0.581. The van der Waals surface area contributed by atoms with E-state index in [2.05, 4.69) is 11.9 Å². The van der Waals surface area contributed by atoms with Gasteiger partial charge in [-0.15, -0.1) is 0 Å². The first-order valence-corrected chi connectivity index (χ1v) is 2.49. The number of allylic oxidation sites excluding steroid dienone is 1. The smallest absolute Gasteiger partial charge is 0.311 e. The van der Waals surface area contributed by atoms with Crippen LogP contribution in [0.15, 0.2) is 12.3 Å². The number of carbonyl (C=O) groups is 1. The predicted molar refractivity (Wildman–Crippen MR) is 35.3 cm³/mol. The van der Waals surface area contributed by atoms with E-state index in [-0.39, 0.29) is 6.03 Å². The van der Waals surface area contributed by atoms with E-state index in [1.54, 1.807) is 6.92 Å². The zero-order chi connectivity index (χ0) is 7.44. The second-order valence-electron chi connectivity index (χ2n) is 1.82. The molecule has 9 heavy (non-hydrogen) atoms. The second-order valence-corrected chi connectivity index (χ2v) is 1.82. The Morgan fingerprint density at radius 2 is 2.22 bits per heavy atom. The molecule has 0 saturated carbocycles. The molecule has 0 rings (SSSR count). The highest BCUT2D eigenvalue weighted by Gasteiger charge is 2.00. The molecular formula is C5H11N3O. The van der Waals surface area contributed by atoms with Crippen LogP contribution < -0.4 is 11.2 Å². The molecule has 3 N–H and O–H groups in total. The van der Waals surface area contributed by atoms with Crippen molar-refractivity contribution in [2.45, 2.75) is 6.92 Å². The quantitative estimate of drug-likeness (QED) is 0.298. The molecule has 0 spiro atoms. The van der Waals surface area contributed by atoms with E-state index in [1.807, 2.05) is 0 Å². The fourth-order valence-corrected chi connectivity index (χ4v) is 0.271. The number of nitrogens with zero attached hydrogens (tertiary/aromatic N) is 1. The summed E-state index contributed by atoms with van der Waals surface area (Å²) in [6.45, 7) is 5.15. The molecule has 0 aromatic rings. The summed E-state index contributed by atoms with van der Waals surface area (Å²) < 4.78 is 0. The Hall–Kier alpha value is -1.03. The first-order valence-electron chi connectivity index (χ1n) is 2.49. The van der Waals surface area contributed by atoms with Crippen LogP contribution in [0.25, 0.3) is 0 Å². The Morgan fingerprint density at radius 1 is 1.78 bits per heavy atom. The fraction of sp³-hybridized carbons (Fsp3) is 0.400. The third kappa shape index (κ3) is 3.54. The molecule has 52 valence electrons. The molecule has 4 heteroatoms. The summed E-state index contributed by atoms with van der Waals surface area (Å²) in [6.07, 6.45) is 0. The number of carbonyl (C=O) groups excluding carboxylic acids is 1. The lowest BCUT2D eigenvalue weighted by Crippen LogP contribution is -2.40. The van der Waals surface area contributed by atoms with Crippen molar-refractivity contribution in [3.8, 4) is 0 Å². The number of hydrazine groups is 1. The minimum absolute atomic E-state index is 0.359. The van der Waals surface area contributed by atoms with Crippen molar-refractivity contribution in [3.63, 3.8) is 0 Å². The van der Waals surface area contributed by atoms with Gasteiger partial charge in [0.2, 0.25) is 0 Å².